The van der Waals surface area contributed by atoms with Crippen molar-refractivity contribution < 1.29 is 14.7 Å². The van der Waals surface area contributed by atoms with Crippen LogP contribution in [0, 0.1) is 5.41 Å². The molecule has 6 nitrogen and oxygen atoms in total. The van der Waals surface area contributed by atoms with Gasteiger partial charge in [0, 0.05) is 30.9 Å². The molecule has 2 aromatic heterocycles. The van der Waals surface area contributed by atoms with Crippen molar-refractivity contribution in [1.29, 1.82) is 0 Å². The molecule has 0 aliphatic carbocycles. The maximum Gasteiger partial charge on any atom is 0.311 e. The van der Waals surface area contributed by atoms with Gasteiger partial charge in [0.2, 0.25) is 0 Å². The topological polar surface area (TPSA) is 86.3 Å². The summed E-state index contributed by atoms with van der Waals surface area (Å²) in [4.78, 5) is 32.5. The minimum atomic E-state index is -0.853. The molecule has 0 aromatic carbocycles. The van der Waals surface area contributed by atoms with Crippen LogP contribution >= 0.6 is 0 Å². The number of aliphatic carboxylic acids is 1. The van der Waals surface area contributed by atoms with E-state index >= 15 is 0 Å². The Bertz CT molecular complexity index is 694. The fourth-order valence-corrected chi connectivity index (χ4v) is 2.61. The van der Waals surface area contributed by atoms with Crippen molar-refractivity contribution in [3.63, 3.8) is 0 Å². The summed E-state index contributed by atoms with van der Waals surface area (Å²) in [5, 5.41) is 9.99. The highest BCUT2D eigenvalue weighted by molar-refractivity contribution is 6.06. The summed E-state index contributed by atoms with van der Waals surface area (Å²) in [5.74, 6) is -0.998. The normalized spacial score (nSPS) is 22.4. The quantitative estimate of drug-likeness (QED) is 0.868. The van der Waals surface area contributed by atoms with Gasteiger partial charge < -0.3 is 15.0 Å². The molecule has 2 aromatic rings. The molecule has 0 spiro atoms. The summed E-state index contributed by atoms with van der Waals surface area (Å²) in [7, 11) is 0. The predicted molar refractivity (Wildman–Crippen MR) is 72.4 cm³/mol. The molecule has 2 N–H and O–H groups in total. The maximum absolute atomic E-state index is 12.5. The number of aromatic nitrogens is 2. The number of carboxylic acids is 1. The number of hydrogen-bond acceptors (Lipinski definition) is 3. The fourth-order valence-electron chi connectivity index (χ4n) is 2.61. The van der Waals surface area contributed by atoms with Gasteiger partial charge in [-0.2, -0.15) is 0 Å². The van der Waals surface area contributed by atoms with E-state index in [0.29, 0.717) is 24.2 Å². The smallest absolute Gasteiger partial charge is 0.311 e. The van der Waals surface area contributed by atoms with Gasteiger partial charge in [0.05, 0.1) is 11.0 Å². The minimum absolute atomic E-state index is 0.144. The summed E-state index contributed by atoms with van der Waals surface area (Å²) in [6.45, 7) is 2.39. The van der Waals surface area contributed by atoms with Crippen molar-refractivity contribution in [2.24, 2.45) is 5.41 Å². The van der Waals surface area contributed by atoms with Crippen molar-refractivity contribution in [2.45, 2.75) is 13.3 Å². The molecule has 20 heavy (non-hydrogen) atoms. The second kappa shape index (κ2) is 4.33. The van der Waals surface area contributed by atoms with Crippen LogP contribution in [0.15, 0.2) is 24.5 Å². The zero-order chi connectivity index (χ0) is 14.3. The first-order valence-electron chi connectivity index (χ1n) is 6.46. The number of H-pyrrole nitrogens is 1. The van der Waals surface area contributed by atoms with E-state index in [1.165, 1.54) is 0 Å². The van der Waals surface area contributed by atoms with Crippen LogP contribution in [0.2, 0.25) is 0 Å². The van der Waals surface area contributed by atoms with Crippen LogP contribution in [0.5, 0.6) is 0 Å². The van der Waals surface area contributed by atoms with E-state index < -0.39 is 11.4 Å². The van der Waals surface area contributed by atoms with Gasteiger partial charge in [0.15, 0.2) is 0 Å². The molecule has 104 valence electrons. The molecule has 1 atom stereocenters. The molecule has 6 heteroatoms. The molecule has 3 heterocycles. The average molecular weight is 273 g/mol. The monoisotopic (exact) mass is 273 g/mol. The van der Waals surface area contributed by atoms with Gasteiger partial charge in [-0.05, 0) is 25.5 Å². The number of fused-ring (bicyclic) bond motifs is 1. The van der Waals surface area contributed by atoms with E-state index in [-0.39, 0.29) is 12.5 Å². The van der Waals surface area contributed by atoms with Crippen LogP contribution in [0.4, 0.5) is 0 Å². The van der Waals surface area contributed by atoms with Crippen molar-refractivity contribution in [3.8, 4) is 0 Å². The molecule has 0 saturated carbocycles. The number of rotatable bonds is 2. The van der Waals surface area contributed by atoms with E-state index in [9.17, 15) is 14.7 Å². The largest absolute Gasteiger partial charge is 0.481 e. The number of hydrogen-bond donors (Lipinski definition) is 2. The zero-order valence-electron chi connectivity index (χ0n) is 11.1. The Morgan fingerprint density at radius 1 is 1.50 bits per heavy atom. The SMILES string of the molecule is CC1(C(=O)O)CCN(C(=O)c2c[nH]c3ncccc23)C1. The van der Waals surface area contributed by atoms with E-state index in [0.717, 1.165) is 5.39 Å². The third kappa shape index (κ3) is 1.84. The molecule has 1 aliphatic heterocycles. The number of nitrogens with zero attached hydrogens (tertiary/aromatic N) is 2. The molecule has 1 saturated heterocycles. The first-order valence-corrected chi connectivity index (χ1v) is 6.46. The molecule has 1 amide bonds. The van der Waals surface area contributed by atoms with Crippen LogP contribution in [-0.2, 0) is 4.79 Å². The average Bonchev–Trinajstić information content (AvgIpc) is 3.03. The number of aromatic amines is 1. The lowest BCUT2D eigenvalue weighted by Gasteiger charge is -2.19. The molecule has 1 unspecified atom stereocenters. The summed E-state index contributed by atoms with van der Waals surface area (Å²) < 4.78 is 0. The number of carbonyl (C=O) groups is 2. The third-order valence-corrected chi connectivity index (χ3v) is 3.96. The lowest BCUT2D eigenvalue weighted by Crippen LogP contribution is -2.34. The first-order chi connectivity index (χ1) is 9.51. The Hall–Kier alpha value is -2.37. The van der Waals surface area contributed by atoms with Gasteiger partial charge >= 0.3 is 5.97 Å². The maximum atomic E-state index is 12.5. The molecular weight excluding hydrogens is 258 g/mol. The summed E-state index contributed by atoms with van der Waals surface area (Å²) in [5.41, 5.74) is 0.360. The van der Waals surface area contributed by atoms with Crippen LogP contribution < -0.4 is 0 Å². The van der Waals surface area contributed by atoms with Crippen molar-refractivity contribution >= 4 is 22.9 Å². The number of nitrogens with one attached hydrogen (secondary N) is 1. The first kappa shape index (κ1) is 12.7. The molecular formula is C14H15N3O3. The van der Waals surface area contributed by atoms with Gasteiger partial charge in [0.25, 0.3) is 5.91 Å². The standard InChI is InChI=1S/C14H15N3O3/c1-14(13(19)20)4-6-17(8-14)12(18)10-7-16-11-9(10)3-2-5-15-11/h2-3,5,7H,4,6,8H2,1H3,(H,15,16)(H,19,20). The second-order valence-electron chi connectivity index (χ2n) is 5.44. The summed E-state index contributed by atoms with van der Waals surface area (Å²) in [6.07, 6.45) is 3.77. The number of carboxylic acid groups (broad SMARTS) is 1. The highest BCUT2D eigenvalue weighted by Crippen LogP contribution is 2.31. The number of likely N-dealkylation sites (tertiary alicyclic amines) is 1. The van der Waals surface area contributed by atoms with E-state index in [1.807, 2.05) is 6.07 Å². The van der Waals surface area contributed by atoms with Gasteiger partial charge in [-0.3, -0.25) is 9.59 Å². The number of amides is 1. The van der Waals surface area contributed by atoms with Gasteiger partial charge in [-0.15, -0.1) is 0 Å². The van der Waals surface area contributed by atoms with Crippen LogP contribution in [0.1, 0.15) is 23.7 Å². The minimum Gasteiger partial charge on any atom is -0.481 e. The van der Waals surface area contributed by atoms with Crippen molar-refractivity contribution in [1.82, 2.24) is 14.9 Å². The van der Waals surface area contributed by atoms with Crippen molar-refractivity contribution in [3.05, 3.63) is 30.1 Å². The Balaban J connectivity index is 1.89. The Kier molecular flexibility index (Phi) is 2.74. The number of carbonyl (C=O) groups excluding carboxylic acids is 1. The van der Waals surface area contributed by atoms with Gasteiger partial charge in [0.1, 0.15) is 5.65 Å². The second-order valence-corrected chi connectivity index (χ2v) is 5.44. The van der Waals surface area contributed by atoms with Crippen LogP contribution in [0.3, 0.4) is 0 Å². The third-order valence-electron chi connectivity index (χ3n) is 3.96. The van der Waals surface area contributed by atoms with E-state index in [4.69, 9.17) is 0 Å². The Morgan fingerprint density at radius 3 is 3.00 bits per heavy atom. The Labute approximate surface area is 115 Å². The molecule has 1 fully saturated rings. The molecule has 0 bridgehead atoms. The number of pyridine rings is 1. The summed E-state index contributed by atoms with van der Waals surface area (Å²) in [6, 6.07) is 3.61. The van der Waals surface area contributed by atoms with Gasteiger partial charge in [-0.25, -0.2) is 4.98 Å². The van der Waals surface area contributed by atoms with Crippen LogP contribution in [-0.4, -0.2) is 44.9 Å². The van der Waals surface area contributed by atoms with Gasteiger partial charge in [-0.1, -0.05) is 0 Å². The van der Waals surface area contributed by atoms with E-state index in [2.05, 4.69) is 9.97 Å². The van der Waals surface area contributed by atoms with Crippen LogP contribution in [0.25, 0.3) is 11.0 Å². The highest BCUT2D eigenvalue weighted by Gasteiger charge is 2.42. The fraction of sp³-hybridized carbons (Fsp3) is 0.357. The highest BCUT2D eigenvalue weighted by atomic mass is 16.4. The predicted octanol–water partition coefficient (Wildman–Crippen LogP) is 1.50. The lowest BCUT2D eigenvalue weighted by atomic mass is 9.90. The molecule has 1 aliphatic rings. The Morgan fingerprint density at radius 2 is 2.30 bits per heavy atom. The molecule has 3 rings (SSSR count). The lowest BCUT2D eigenvalue weighted by molar-refractivity contribution is -0.147. The molecule has 0 radical (unpaired) electrons. The van der Waals surface area contributed by atoms with Crippen molar-refractivity contribution in [2.75, 3.05) is 13.1 Å². The zero-order valence-corrected chi connectivity index (χ0v) is 11.1. The summed E-state index contributed by atoms with van der Waals surface area (Å²) >= 11 is 0. The van der Waals surface area contributed by atoms with E-state index in [1.54, 1.807) is 30.3 Å².